The number of rotatable bonds is 6. The van der Waals surface area contributed by atoms with Crippen LogP contribution in [0.25, 0.3) is 22.0 Å². The average molecular weight is 565 g/mol. The Kier molecular flexibility index (Phi) is 6.79. The van der Waals surface area contributed by atoms with Crippen molar-refractivity contribution in [1.82, 2.24) is 24.6 Å². The zero-order valence-corrected chi connectivity index (χ0v) is 21.4. The molecule has 3 aromatic heterocycles. The first-order valence-corrected chi connectivity index (χ1v) is 12.4. The van der Waals surface area contributed by atoms with Crippen LogP contribution in [0.4, 0.5) is 10.1 Å². The molecule has 1 aromatic carbocycles. The van der Waals surface area contributed by atoms with Gasteiger partial charge in [-0.15, -0.1) is 0 Å². The largest absolute Gasteiger partial charge is 0.337 e. The zero-order chi connectivity index (χ0) is 26.1. The van der Waals surface area contributed by atoms with E-state index in [-0.39, 0.29) is 25.3 Å². The number of fused-ring (bicyclic) bond motifs is 1. The number of likely N-dealkylation sites (tertiary alicyclic amines) is 1. The van der Waals surface area contributed by atoms with Crippen molar-refractivity contribution in [2.75, 3.05) is 11.9 Å². The van der Waals surface area contributed by atoms with Crippen LogP contribution < -0.4 is 5.32 Å². The molecule has 11 heteroatoms. The number of anilines is 1. The highest BCUT2D eigenvalue weighted by molar-refractivity contribution is 9.10. The fraction of sp³-hybridized carbons (Fsp3) is 0.231. The molecule has 1 fully saturated rings. The van der Waals surface area contributed by atoms with Gasteiger partial charge in [0, 0.05) is 45.3 Å². The second-order valence-corrected chi connectivity index (χ2v) is 9.78. The molecule has 1 saturated heterocycles. The highest BCUT2D eigenvalue weighted by atomic mass is 79.9. The van der Waals surface area contributed by atoms with Crippen LogP contribution in [-0.4, -0.2) is 61.0 Å². The molecule has 5 rings (SSSR count). The molecule has 37 heavy (non-hydrogen) atoms. The summed E-state index contributed by atoms with van der Waals surface area (Å²) in [6.07, 6.45) is 6.49. The average Bonchev–Trinajstić information content (AvgIpc) is 3.45. The summed E-state index contributed by atoms with van der Waals surface area (Å²) >= 11 is 3.30. The summed E-state index contributed by atoms with van der Waals surface area (Å²) < 4.78 is 16.7. The van der Waals surface area contributed by atoms with Crippen molar-refractivity contribution < 1.29 is 18.8 Å². The summed E-state index contributed by atoms with van der Waals surface area (Å²) in [5.41, 5.74) is 3.29. The number of ketones is 1. The zero-order valence-electron chi connectivity index (χ0n) is 19.8. The Hall–Kier alpha value is -3.99. The van der Waals surface area contributed by atoms with Crippen molar-refractivity contribution in [2.24, 2.45) is 0 Å². The van der Waals surface area contributed by atoms with Gasteiger partial charge in [0.1, 0.15) is 18.8 Å². The van der Waals surface area contributed by atoms with Crippen LogP contribution in [0.15, 0.2) is 65.8 Å². The lowest BCUT2D eigenvalue weighted by molar-refractivity contribution is -0.137. The van der Waals surface area contributed by atoms with Gasteiger partial charge in [-0.25, -0.2) is 4.39 Å². The Morgan fingerprint density at radius 2 is 1.95 bits per heavy atom. The number of nitrogens with zero attached hydrogens (tertiary/aromatic N) is 5. The van der Waals surface area contributed by atoms with E-state index in [2.05, 4.69) is 36.4 Å². The second kappa shape index (κ2) is 10.2. The van der Waals surface area contributed by atoms with Gasteiger partial charge in [0.25, 0.3) is 0 Å². The molecule has 1 unspecified atom stereocenters. The highest BCUT2D eigenvalue weighted by Crippen LogP contribution is 2.29. The molecule has 2 amide bonds. The minimum atomic E-state index is -1.31. The Morgan fingerprint density at radius 3 is 2.68 bits per heavy atom. The lowest BCUT2D eigenvalue weighted by Gasteiger charge is -2.24. The van der Waals surface area contributed by atoms with Gasteiger partial charge >= 0.3 is 0 Å². The fourth-order valence-electron chi connectivity index (χ4n) is 4.60. The Balaban J connectivity index is 1.41. The maximum Gasteiger partial charge on any atom is 0.247 e. The van der Waals surface area contributed by atoms with Crippen LogP contribution in [0.1, 0.15) is 23.7 Å². The number of benzene rings is 1. The number of alkyl halides is 1. The van der Waals surface area contributed by atoms with Crippen LogP contribution in [-0.2, 0) is 16.1 Å². The Bertz CT molecular complexity index is 1510. The fourth-order valence-corrected chi connectivity index (χ4v) is 4.97. The summed E-state index contributed by atoms with van der Waals surface area (Å²) in [6.45, 7) is 1.15. The molecule has 0 aliphatic carbocycles. The van der Waals surface area contributed by atoms with E-state index in [4.69, 9.17) is 0 Å². The number of halogens is 2. The predicted molar refractivity (Wildman–Crippen MR) is 139 cm³/mol. The van der Waals surface area contributed by atoms with Crippen LogP contribution in [0.3, 0.4) is 0 Å². The number of carbonyl (C=O) groups excluding carboxylic acids is 3. The van der Waals surface area contributed by atoms with Gasteiger partial charge < -0.3 is 14.8 Å². The van der Waals surface area contributed by atoms with Gasteiger partial charge in [0.15, 0.2) is 5.78 Å². The summed E-state index contributed by atoms with van der Waals surface area (Å²) in [5.74, 6) is -1.04. The monoisotopic (exact) mass is 564 g/mol. The summed E-state index contributed by atoms with van der Waals surface area (Å²) in [6, 6.07) is 8.11. The van der Waals surface area contributed by atoms with E-state index >= 15 is 0 Å². The molecule has 188 valence electrons. The molecular formula is C26H22BrFN6O3. The van der Waals surface area contributed by atoms with Gasteiger partial charge in [-0.2, -0.15) is 10.2 Å². The third-order valence-corrected chi connectivity index (χ3v) is 6.76. The molecule has 2 atom stereocenters. The number of hydrogen-bond acceptors (Lipinski definition) is 6. The standard InChI is InChI=1S/C26H22BrFN6O3/c1-15(35)22-13-33(23-3-2-16(6-21(22)23)17-4-5-30-31-9-17)14-25(36)34-12-19(28)8-24(34)26(37)32-20-7-18(27)10-29-11-20/h2-7,9-11,13,19,24H,8,12,14H2,1H3,(H,32,37)/t19-,24?/m1/s1. The maximum atomic E-state index is 14.4. The molecule has 0 bridgehead atoms. The molecule has 4 aromatic rings. The van der Waals surface area contributed by atoms with E-state index in [1.165, 1.54) is 18.0 Å². The van der Waals surface area contributed by atoms with Crippen molar-refractivity contribution >= 4 is 50.1 Å². The van der Waals surface area contributed by atoms with E-state index in [1.54, 1.807) is 35.4 Å². The minimum Gasteiger partial charge on any atom is -0.337 e. The van der Waals surface area contributed by atoms with Crippen LogP contribution in [0, 0.1) is 0 Å². The van der Waals surface area contributed by atoms with Gasteiger partial charge in [-0.3, -0.25) is 19.4 Å². The third-order valence-electron chi connectivity index (χ3n) is 6.33. The van der Waals surface area contributed by atoms with Gasteiger partial charge in [-0.05, 0) is 52.7 Å². The predicted octanol–water partition coefficient (Wildman–Crippen LogP) is 4.04. The lowest BCUT2D eigenvalue weighted by atomic mass is 10.0. The maximum absolute atomic E-state index is 14.4. The summed E-state index contributed by atoms with van der Waals surface area (Å²) in [5, 5.41) is 11.1. The Labute approximate surface area is 219 Å². The number of hydrogen-bond donors (Lipinski definition) is 1. The molecule has 1 N–H and O–H groups in total. The number of amides is 2. The quantitative estimate of drug-likeness (QED) is 0.354. The normalized spacial score (nSPS) is 17.2. The summed E-state index contributed by atoms with van der Waals surface area (Å²) in [4.78, 5) is 43.9. The smallest absolute Gasteiger partial charge is 0.247 e. The number of aromatic nitrogens is 4. The molecule has 0 radical (unpaired) electrons. The van der Waals surface area contributed by atoms with E-state index in [0.29, 0.717) is 26.6 Å². The van der Waals surface area contributed by atoms with Crippen molar-refractivity contribution in [3.63, 3.8) is 0 Å². The number of Topliss-reactive ketones (excluding diaryl/α,β-unsaturated/α-hetero) is 1. The third kappa shape index (κ3) is 5.12. The van der Waals surface area contributed by atoms with Gasteiger partial charge in [0.2, 0.25) is 11.8 Å². The number of carbonyl (C=O) groups is 3. The SMILES string of the molecule is CC(=O)c1cn(CC(=O)N2C[C@H](F)CC2C(=O)Nc2cncc(Br)c2)c2ccc(-c3ccnnc3)cc12. The van der Waals surface area contributed by atoms with Crippen LogP contribution in [0.5, 0.6) is 0 Å². The first-order chi connectivity index (χ1) is 17.8. The van der Waals surface area contributed by atoms with E-state index in [1.807, 2.05) is 24.3 Å². The Morgan fingerprint density at radius 1 is 1.11 bits per heavy atom. The summed E-state index contributed by atoms with van der Waals surface area (Å²) in [7, 11) is 0. The van der Waals surface area contributed by atoms with Crippen molar-refractivity contribution in [3.8, 4) is 11.1 Å². The van der Waals surface area contributed by atoms with Crippen molar-refractivity contribution in [3.05, 3.63) is 71.4 Å². The molecule has 9 nitrogen and oxygen atoms in total. The van der Waals surface area contributed by atoms with Crippen molar-refractivity contribution in [1.29, 1.82) is 0 Å². The molecule has 0 saturated carbocycles. The van der Waals surface area contributed by atoms with E-state index in [0.717, 1.165) is 11.1 Å². The highest BCUT2D eigenvalue weighted by Gasteiger charge is 2.40. The number of nitrogens with one attached hydrogen (secondary N) is 1. The molecule has 4 heterocycles. The molecular weight excluding hydrogens is 543 g/mol. The topological polar surface area (TPSA) is 110 Å². The van der Waals surface area contributed by atoms with Crippen molar-refractivity contribution in [2.45, 2.75) is 32.1 Å². The molecule has 0 spiro atoms. The van der Waals surface area contributed by atoms with Crippen LogP contribution >= 0.6 is 15.9 Å². The van der Waals surface area contributed by atoms with E-state index in [9.17, 15) is 18.8 Å². The molecule has 1 aliphatic rings. The first-order valence-electron chi connectivity index (χ1n) is 11.6. The molecule has 1 aliphatic heterocycles. The minimum absolute atomic E-state index is 0.0898. The van der Waals surface area contributed by atoms with Crippen LogP contribution in [0.2, 0.25) is 0 Å². The lowest BCUT2D eigenvalue weighted by Crippen LogP contribution is -2.44. The van der Waals surface area contributed by atoms with E-state index < -0.39 is 24.0 Å². The first kappa shape index (κ1) is 24.7. The van der Waals surface area contributed by atoms with Gasteiger partial charge in [-0.1, -0.05) is 6.07 Å². The van der Waals surface area contributed by atoms with Gasteiger partial charge in [0.05, 0.1) is 30.8 Å². The number of pyridine rings is 1. The second-order valence-electron chi connectivity index (χ2n) is 8.87.